The molecule has 42 valence electrons. The smallest absolute Gasteiger partial charge is 0.356 e. The van der Waals surface area contributed by atoms with Crippen molar-refractivity contribution in [3.05, 3.63) is 0 Å². The predicted octanol–water partition coefficient (Wildman–Crippen LogP) is -0.285. The molecule has 0 aromatic rings. The van der Waals surface area contributed by atoms with E-state index in [0.717, 1.165) is 6.92 Å². The number of alkyl halides is 1. The van der Waals surface area contributed by atoms with E-state index >= 15 is 0 Å². The van der Waals surface area contributed by atoms with Crippen molar-refractivity contribution in [3.8, 4) is 0 Å². The predicted molar refractivity (Wildman–Crippen MR) is 21.3 cm³/mol. The summed E-state index contributed by atoms with van der Waals surface area (Å²) in [4.78, 5) is 9.52. The molecular formula is C3H6FNO2. The van der Waals surface area contributed by atoms with Crippen molar-refractivity contribution in [2.75, 3.05) is 0 Å². The Morgan fingerprint density at radius 3 is 2.14 bits per heavy atom. The van der Waals surface area contributed by atoms with Crippen molar-refractivity contribution < 1.29 is 14.3 Å². The molecule has 1 atom stereocenters. The highest BCUT2D eigenvalue weighted by molar-refractivity contribution is 5.75. The molecule has 0 saturated heterocycles. The number of aliphatic carboxylic acids is 1. The molecule has 0 bridgehead atoms. The summed E-state index contributed by atoms with van der Waals surface area (Å²) in [5.74, 6) is -4.23. The van der Waals surface area contributed by atoms with Crippen LogP contribution in [0.5, 0.6) is 0 Å². The van der Waals surface area contributed by atoms with Crippen LogP contribution in [0, 0.1) is 0 Å². The summed E-state index contributed by atoms with van der Waals surface area (Å²) in [6, 6.07) is 0. The number of hydrogen-bond donors (Lipinski definition) is 2. The zero-order valence-corrected chi connectivity index (χ0v) is 3.81. The summed E-state index contributed by atoms with van der Waals surface area (Å²) in [6.45, 7) is 0.773. The van der Waals surface area contributed by atoms with Gasteiger partial charge in [0.05, 0.1) is 0 Å². The first kappa shape index (κ1) is 6.36. The molecule has 0 amide bonds. The molecular weight excluding hydrogens is 101 g/mol. The maximum Gasteiger partial charge on any atom is 0.356 e. The van der Waals surface area contributed by atoms with Crippen LogP contribution in [0.2, 0.25) is 0 Å². The van der Waals surface area contributed by atoms with E-state index < -0.39 is 11.8 Å². The van der Waals surface area contributed by atoms with Gasteiger partial charge in [0.2, 0.25) is 0 Å². The Kier molecular flexibility index (Phi) is 1.32. The Bertz CT molecular complexity index is 85.4. The Labute approximate surface area is 39.9 Å². The zero-order valence-electron chi connectivity index (χ0n) is 3.81. The normalized spacial score (nSPS) is 18.1. The van der Waals surface area contributed by atoms with Gasteiger partial charge < -0.3 is 5.11 Å². The van der Waals surface area contributed by atoms with E-state index in [0.29, 0.717) is 0 Å². The minimum atomic E-state index is -2.58. The number of rotatable bonds is 1. The van der Waals surface area contributed by atoms with Crippen LogP contribution in [-0.4, -0.2) is 16.9 Å². The van der Waals surface area contributed by atoms with Crippen molar-refractivity contribution in [3.63, 3.8) is 0 Å². The molecule has 3 N–H and O–H groups in total. The third kappa shape index (κ3) is 2.11. The van der Waals surface area contributed by atoms with E-state index in [1.165, 1.54) is 0 Å². The second-order valence-corrected chi connectivity index (χ2v) is 1.38. The molecule has 0 radical (unpaired) electrons. The van der Waals surface area contributed by atoms with Crippen molar-refractivity contribution in [2.24, 2.45) is 5.73 Å². The van der Waals surface area contributed by atoms with E-state index in [1.54, 1.807) is 0 Å². The number of carboxylic acids is 1. The monoisotopic (exact) mass is 107 g/mol. The molecule has 0 unspecified atom stereocenters. The average molecular weight is 107 g/mol. The number of halogens is 1. The quantitative estimate of drug-likeness (QED) is 0.453. The van der Waals surface area contributed by atoms with Gasteiger partial charge in [-0.3, -0.25) is 5.73 Å². The number of carbonyl (C=O) groups is 1. The summed E-state index contributed by atoms with van der Waals surface area (Å²) in [6.07, 6.45) is 0. The lowest BCUT2D eigenvalue weighted by atomic mass is 10.3. The van der Waals surface area contributed by atoms with Crippen LogP contribution < -0.4 is 5.73 Å². The van der Waals surface area contributed by atoms with E-state index in [1.807, 2.05) is 0 Å². The average Bonchev–Trinajstić information content (AvgIpc) is 1.31. The fraction of sp³-hybridized carbons (Fsp3) is 0.667. The van der Waals surface area contributed by atoms with Gasteiger partial charge in [0.1, 0.15) is 0 Å². The third-order valence-electron chi connectivity index (χ3n) is 0.418. The van der Waals surface area contributed by atoms with Crippen LogP contribution in [-0.2, 0) is 4.79 Å². The number of carboxylic acid groups (broad SMARTS) is 1. The fourth-order valence-electron chi connectivity index (χ4n) is 0. The van der Waals surface area contributed by atoms with E-state index in [4.69, 9.17) is 5.11 Å². The lowest BCUT2D eigenvalue weighted by Crippen LogP contribution is -2.39. The highest BCUT2D eigenvalue weighted by Gasteiger charge is 2.25. The van der Waals surface area contributed by atoms with Gasteiger partial charge >= 0.3 is 5.97 Å². The number of nitrogens with two attached hydrogens (primary N) is 1. The molecule has 4 heteroatoms. The van der Waals surface area contributed by atoms with Gasteiger partial charge in [-0.05, 0) is 6.92 Å². The number of hydrogen-bond acceptors (Lipinski definition) is 2. The van der Waals surface area contributed by atoms with Crippen LogP contribution in [0.4, 0.5) is 4.39 Å². The van der Waals surface area contributed by atoms with Crippen LogP contribution in [0.1, 0.15) is 6.92 Å². The minimum absolute atomic E-state index is 0.773. The molecule has 0 aromatic carbocycles. The molecule has 0 rings (SSSR count). The van der Waals surface area contributed by atoms with E-state index in [2.05, 4.69) is 5.73 Å². The van der Waals surface area contributed by atoms with Crippen LogP contribution >= 0.6 is 0 Å². The lowest BCUT2D eigenvalue weighted by molar-refractivity contribution is -0.149. The molecule has 0 aromatic heterocycles. The van der Waals surface area contributed by atoms with Crippen LogP contribution in [0.25, 0.3) is 0 Å². The second kappa shape index (κ2) is 1.46. The molecule has 0 aliphatic heterocycles. The van der Waals surface area contributed by atoms with Gasteiger partial charge in [0.25, 0.3) is 5.79 Å². The third-order valence-corrected chi connectivity index (χ3v) is 0.418. The van der Waals surface area contributed by atoms with E-state index in [-0.39, 0.29) is 0 Å². The topological polar surface area (TPSA) is 63.3 Å². The van der Waals surface area contributed by atoms with Crippen LogP contribution in [0.3, 0.4) is 0 Å². The molecule has 7 heavy (non-hydrogen) atoms. The summed E-state index contributed by atoms with van der Waals surface area (Å²) < 4.78 is 11.7. The Morgan fingerprint density at radius 1 is 2.00 bits per heavy atom. The molecule has 0 saturated carbocycles. The standard InChI is InChI=1S/C3H6FNO2/c1-3(4,5)2(6)7/h5H2,1H3,(H,6,7)/t3-/m0/s1. The van der Waals surface area contributed by atoms with Crippen molar-refractivity contribution in [1.82, 2.24) is 0 Å². The minimum Gasteiger partial charge on any atom is -0.478 e. The van der Waals surface area contributed by atoms with Gasteiger partial charge in [-0.25, -0.2) is 9.18 Å². The van der Waals surface area contributed by atoms with Crippen molar-refractivity contribution >= 4 is 5.97 Å². The zero-order chi connectivity index (χ0) is 6.08. The fourth-order valence-corrected chi connectivity index (χ4v) is 0. The Balaban J connectivity index is 3.79. The Morgan fingerprint density at radius 2 is 2.14 bits per heavy atom. The van der Waals surface area contributed by atoms with Crippen molar-refractivity contribution in [1.29, 1.82) is 0 Å². The molecule has 0 aliphatic rings. The largest absolute Gasteiger partial charge is 0.478 e. The van der Waals surface area contributed by atoms with Gasteiger partial charge in [-0.1, -0.05) is 0 Å². The van der Waals surface area contributed by atoms with Crippen molar-refractivity contribution in [2.45, 2.75) is 12.7 Å². The summed E-state index contributed by atoms with van der Waals surface area (Å²) >= 11 is 0. The van der Waals surface area contributed by atoms with Gasteiger partial charge in [-0.15, -0.1) is 0 Å². The summed E-state index contributed by atoms with van der Waals surface area (Å²) in [5.41, 5.74) is 4.41. The van der Waals surface area contributed by atoms with Gasteiger partial charge in [0, 0.05) is 0 Å². The molecule has 3 nitrogen and oxygen atoms in total. The SMILES string of the molecule is C[C@@](N)(F)C(=O)O. The first-order valence-electron chi connectivity index (χ1n) is 1.66. The van der Waals surface area contributed by atoms with Gasteiger partial charge in [0.15, 0.2) is 0 Å². The molecule has 0 spiro atoms. The molecule has 0 aliphatic carbocycles. The summed E-state index contributed by atoms with van der Waals surface area (Å²) in [5, 5.41) is 7.75. The highest BCUT2D eigenvalue weighted by atomic mass is 19.1. The maximum absolute atomic E-state index is 11.7. The summed E-state index contributed by atoms with van der Waals surface area (Å²) in [7, 11) is 0. The maximum atomic E-state index is 11.7. The van der Waals surface area contributed by atoms with Crippen LogP contribution in [0.15, 0.2) is 0 Å². The first-order chi connectivity index (χ1) is 2.94. The highest BCUT2D eigenvalue weighted by Crippen LogP contribution is 1.97. The Hall–Kier alpha value is -0.640. The molecule has 0 fully saturated rings. The second-order valence-electron chi connectivity index (χ2n) is 1.38. The molecule has 0 heterocycles. The van der Waals surface area contributed by atoms with E-state index in [9.17, 15) is 9.18 Å². The first-order valence-corrected chi connectivity index (χ1v) is 1.66. The lowest BCUT2D eigenvalue weighted by Gasteiger charge is -2.04. The van der Waals surface area contributed by atoms with Gasteiger partial charge in [-0.2, -0.15) is 0 Å².